The smallest absolute Gasteiger partial charge is 0.0366 e. The molecular formula is C16H26N2. The molecule has 1 fully saturated rings. The molecule has 1 saturated carbocycles. The van der Waals surface area contributed by atoms with Gasteiger partial charge in [-0.2, -0.15) is 0 Å². The molecule has 0 heterocycles. The van der Waals surface area contributed by atoms with Crippen molar-refractivity contribution in [3.05, 3.63) is 29.8 Å². The van der Waals surface area contributed by atoms with Crippen LogP contribution < -0.4 is 10.2 Å². The lowest BCUT2D eigenvalue weighted by atomic mass is 10.1. The Kier molecular flexibility index (Phi) is 4.65. The van der Waals surface area contributed by atoms with Gasteiger partial charge in [-0.3, -0.25) is 0 Å². The molecule has 1 unspecified atom stereocenters. The van der Waals surface area contributed by atoms with E-state index in [1.165, 1.54) is 24.1 Å². The molecule has 1 atom stereocenters. The van der Waals surface area contributed by atoms with Gasteiger partial charge in [-0.25, -0.2) is 0 Å². The van der Waals surface area contributed by atoms with Crippen molar-refractivity contribution >= 4 is 5.69 Å². The highest BCUT2D eigenvalue weighted by molar-refractivity contribution is 5.47. The van der Waals surface area contributed by atoms with Crippen molar-refractivity contribution in [2.75, 3.05) is 18.0 Å². The molecule has 1 aliphatic carbocycles. The molecule has 1 N–H and O–H groups in total. The molecule has 1 aromatic rings. The second-order valence-electron chi connectivity index (χ2n) is 5.35. The Bertz CT molecular complexity index is 350. The Morgan fingerprint density at radius 1 is 1.17 bits per heavy atom. The van der Waals surface area contributed by atoms with E-state index in [-0.39, 0.29) is 0 Å². The molecule has 2 rings (SSSR count). The fourth-order valence-corrected chi connectivity index (χ4v) is 2.46. The Labute approximate surface area is 111 Å². The molecule has 0 aromatic heterocycles. The van der Waals surface area contributed by atoms with Gasteiger partial charge in [-0.15, -0.1) is 0 Å². The SMILES string of the molecule is CCN(CC)c1ccc(CNC(C)C2CC2)cc1. The summed E-state index contributed by atoms with van der Waals surface area (Å²) in [5.74, 6) is 0.931. The molecule has 1 aliphatic rings. The number of nitrogens with one attached hydrogen (secondary N) is 1. The minimum absolute atomic E-state index is 0.674. The van der Waals surface area contributed by atoms with Crippen molar-refractivity contribution in [3.63, 3.8) is 0 Å². The molecule has 0 amide bonds. The Morgan fingerprint density at radius 2 is 1.78 bits per heavy atom. The predicted octanol–water partition coefficient (Wildman–Crippen LogP) is 3.42. The van der Waals surface area contributed by atoms with Crippen LogP contribution in [0.4, 0.5) is 5.69 Å². The third-order valence-electron chi connectivity index (χ3n) is 4.02. The maximum Gasteiger partial charge on any atom is 0.0366 e. The molecule has 0 radical (unpaired) electrons. The first-order valence-electron chi connectivity index (χ1n) is 7.31. The summed E-state index contributed by atoms with van der Waals surface area (Å²) in [4.78, 5) is 2.38. The monoisotopic (exact) mass is 246 g/mol. The summed E-state index contributed by atoms with van der Waals surface area (Å²) in [6, 6.07) is 9.66. The van der Waals surface area contributed by atoms with Gasteiger partial charge in [-0.1, -0.05) is 12.1 Å². The molecule has 2 nitrogen and oxygen atoms in total. The van der Waals surface area contributed by atoms with E-state index in [0.717, 1.165) is 25.6 Å². The molecule has 0 spiro atoms. The quantitative estimate of drug-likeness (QED) is 0.793. The first-order valence-corrected chi connectivity index (χ1v) is 7.31. The van der Waals surface area contributed by atoms with Crippen LogP contribution >= 0.6 is 0 Å². The van der Waals surface area contributed by atoms with Gasteiger partial charge in [-0.05, 0) is 57.2 Å². The van der Waals surface area contributed by atoms with Crippen LogP contribution in [0.1, 0.15) is 39.2 Å². The minimum Gasteiger partial charge on any atom is -0.372 e. The third kappa shape index (κ3) is 3.49. The molecule has 18 heavy (non-hydrogen) atoms. The van der Waals surface area contributed by atoms with Crippen molar-refractivity contribution in [2.45, 2.75) is 46.2 Å². The van der Waals surface area contributed by atoms with E-state index < -0.39 is 0 Å². The lowest BCUT2D eigenvalue weighted by Crippen LogP contribution is -2.27. The Hall–Kier alpha value is -1.02. The maximum absolute atomic E-state index is 3.62. The van der Waals surface area contributed by atoms with Gasteiger partial charge in [0.2, 0.25) is 0 Å². The molecule has 0 saturated heterocycles. The second-order valence-corrected chi connectivity index (χ2v) is 5.35. The first kappa shape index (κ1) is 13.4. The van der Waals surface area contributed by atoms with Crippen LogP contribution in [0.15, 0.2) is 24.3 Å². The number of anilines is 1. The van der Waals surface area contributed by atoms with E-state index in [1.807, 2.05) is 0 Å². The maximum atomic E-state index is 3.62. The van der Waals surface area contributed by atoms with E-state index in [1.54, 1.807) is 0 Å². The summed E-state index contributed by atoms with van der Waals surface area (Å²) >= 11 is 0. The third-order valence-corrected chi connectivity index (χ3v) is 4.02. The average Bonchev–Trinajstić information content (AvgIpc) is 3.23. The van der Waals surface area contributed by atoms with Crippen molar-refractivity contribution in [2.24, 2.45) is 5.92 Å². The van der Waals surface area contributed by atoms with Crippen molar-refractivity contribution in [3.8, 4) is 0 Å². The number of hydrogen-bond donors (Lipinski definition) is 1. The van der Waals surface area contributed by atoms with Crippen LogP contribution in [0.5, 0.6) is 0 Å². The zero-order valence-electron chi connectivity index (χ0n) is 11.9. The molecule has 1 aromatic carbocycles. The van der Waals surface area contributed by atoms with E-state index in [9.17, 15) is 0 Å². The molecule has 100 valence electrons. The molecule has 0 aliphatic heterocycles. The highest BCUT2D eigenvalue weighted by Crippen LogP contribution is 2.32. The predicted molar refractivity (Wildman–Crippen MR) is 79.0 cm³/mol. The second kappa shape index (κ2) is 6.24. The highest BCUT2D eigenvalue weighted by Gasteiger charge is 2.27. The van der Waals surface area contributed by atoms with Crippen LogP contribution in [-0.2, 0) is 6.54 Å². The van der Waals surface area contributed by atoms with E-state index in [4.69, 9.17) is 0 Å². The topological polar surface area (TPSA) is 15.3 Å². The molecule has 0 bridgehead atoms. The van der Waals surface area contributed by atoms with E-state index >= 15 is 0 Å². The van der Waals surface area contributed by atoms with Gasteiger partial charge in [0.15, 0.2) is 0 Å². The lowest BCUT2D eigenvalue weighted by molar-refractivity contribution is 0.496. The molecule has 2 heteroatoms. The van der Waals surface area contributed by atoms with Crippen LogP contribution in [-0.4, -0.2) is 19.1 Å². The van der Waals surface area contributed by atoms with Gasteiger partial charge < -0.3 is 10.2 Å². The number of benzene rings is 1. The summed E-state index contributed by atoms with van der Waals surface area (Å²) in [5, 5.41) is 3.62. The van der Waals surface area contributed by atoms with Crippen molar-refractivity contribution in [1.29, 1.82) is 0 Å². The van der Waals surface area contributed by atoms with Crippen LogP contribution in [0.2, 0.25) is 0 Å². The standard InChI is InChI=1S/C16H26N2/c1-4-18(5-2)16-10-6-14(7-11-16)12-17-13(3)15-8-9-15/h6-7,10-11,13,15,17H,4-5,8-9,12H2,1-3H3. The fraction of sp³-hybridized carbons (Fsp3) is 0.625. The number of nitrogens with zero attached hydrogens (tertiary/aromatic N) is 1. The van der Waals surface area contributed by atoms with Crippen LogP contribution in [0.25, 0.3) is 0 Å². The summed E-state index contributed by atoms with van der Waals surface area (Å²) in [5.41, 5.74) is 2.72. The van der Waals surface area contributed by atoms with Gasteiger partial charge in [0.1, 0.15) is 0 Å². The summed E-state index contributed by atoms with van der Waals surface area (Å²) in [6.07, 6.45) is 2.82. The van der Waals surface area contributed by atoms with Crippen LogP contribution in [0, 0.1) is 5.92 Å². The van der Waals surface area contributed by atoms with E-state index in [2.05, 4.69) is 55.3 Å². The summed E-state index contributed by atoms with van der Waals surface area (Å²) < 4.78 is 0. The van der Waals surface area contributed by atoms with Crippen molar-refractivity contribution < 1.29 is 0 Å². The van der Waals surface area contributed by atoms with Gasteiger partial charge in [0, 0.05) is 31.4 Å². The fourth-order valence-electron chi connectivity index (χ4n) is 2.46. The normalized spacial score (nSPS) is 16.6. The highest BCUT2D eigenvalue weighted by atomic mass is 15.1. The average molecular weight is 246 g/mol. The van der Waals surface area contributed by atoms with Gasteiger partial charge in [0.25, 0.3) is 0 Å². The van der Waals surface area contributed by atoms with Crippen LogP contribution in [0.3, 0.4) is 0 Å². The number of hydrogen-bond acceptors (Lipinski definition) is 2. The molecular weight excluding hydrogens is 220 g/mol. The van der Waals surface area contributed by atoms with E-state index in [0.29, 0.717) is 6.04 Å². The lowest BCUT2D eigenvalue weighted by Gasteiger charge is -2.21. The zero-order chi connectivity index (χ0) is 13.0. The summed E-state index contributed by atoms with van der Waals surface area (Å²) in [7, 11) is 0. The largest absolute Gasteiger partial charge is 0.372 e. The zero-order valence-corrected chi connectivity index (χ0v) is 11.9. The number of rotatable bonds is 7. The van der Waals surface area contributed by atoms with Gasteiger partial charge >= 0.3 is 0 Å². The summed E-state index contributed by atoms with van der Waals surface area (Å²) in [6.45, 7) is 9.87. The Balaban J connectivity index is 1.86. The minimum atomic E-state index is 0.674. The van der Waals surface area contributed by atoms with Gasteiger partial charge in [0.05, 0.1) is 0 Å². The Morgan fingerprint density at radius 3 is 2.28 bits per heavy atom. The van der Waals surface area contributed by atoms with Crippen molar-refractivity contribution in [1.82, 2.24) is 5.32 Å². The first-order chi connectivity index (χ1) is 8.74.